The molecule has 8 nitrogen and oxygen atoms in total. The third-order valence-electron chi connectivity index (χ3n) is 5.88. The summed E-state index contributed by atoms with van der Waals surface area (Å²) in [6, 6.07) is 7.67. The molecular weight excluding hydrogens is 444 g/mol. The van der Waals surface area contributed by atoms with Gasteiger partial charge >= 0.3 is 12.0 Å². The average molecular weight is 477 g/mol. The summed E-state index contributed by atoms with van der Waals surface area (Å²) in [5.41, 5.74) is 0.592. The van der Waals surface area contributed by atoms with Crippen molar-refractivity contribution in [2.24, 2.45) is 0 Å². The number of carbonyl (C=O) groups excluding carboxylic acids is 2. The van der Waals surface area contributed by atoms with Gasteiger partial charge in [-0.15, -0.1) is 0 Å². The van der Waals surface area contributed by atoms with Gasteiger partial charge in [0.25, 0.3) is 0 Å². The first-order valence-electron chi connectivity index (χ1n) is 11.3. The van der Waals surface area contributed by atoms with E-state index in [1.54, 1.807) is 25.2 Å². The van der Waals surface area contributed by atoms with Gasteiger partial charge in [0.1, 0.15) is 0 Å². The zero-order valence-electron chi connectivity index (χ0n) is 19.3. The topological polar surface area (TPSA) is 83.1 Å². The lowest BCUT2D eigenvalue weighted by Crippen LogP contribution is -2.47. The third kappa shape index (κ3) is 6.96. The Morgan fingerprint density at radius 3 is 2.55 bits per heavy atom. The van der Waals surface area contributed by atoms with Crippen LogP contribution >= 0.6 is 11.6 Å². The van der Waals surface area contributed by atoms with E-state index >= 15 is 0 Å². The maximum atomic E-state index is 12.3. The molecule has 0 saturated carbocycles. The highest BCUT2D eigenvalue weighted by atomic mass is 35.5. The summed E-state index contributed by atoms with van der Waals surface area (Å²) in [6.45, 7) is 7.42. The van der Waals surface area contributed by atoms with E-state index in [4.69, 9.17) is 21.1 Å². The minimum absolute atomic E-state index is 0.212. The number of allylic oxidation sites excluding steroid dienone is 2. The number of halogens is 1. The minimum Gasteiger partial charge on any atom is -0.464 e. The van der Waals surface area contributed by atoms with Gasteiger partial charge in [-0.05, 0) is 56.3 Å². The zero-order valence-corrected chi connectivity index (χ0v) is 20.1. The number of carbonyl (C=O) groups is 2. The van der Waals surface area contributed by atoms with Crippen LogP contribution in [0.15, 0.2) is 48.2 Å². The highest BCUT2D eigenvalue weighted by Gasteiger charge is 2.40. The number of hydrogen-bond donors (Lipinski definition) is 2. The predicted octanol–water partition coefficient (Wildman–Crippen LogP) is 2.94. The maximum absolute atomic E-state index is 12.3. The number of urea groups is 1. The summed E-state index contributed by atoms with van der Waals surface area (Å²) in [6.07, 6.45) is 6.18. The number of methoxy groups -OCH3 is 1. The summed E-state index contributed by atoms with van der Waals surface area (Å²) >= 11 is 5.97. The highest BCUT2D eigenvalue weighted by Crippen LogP contribution is 2.27. The SMILES string of the molecule is CCOC(=O)C1(OC)C=CC=C(NC(=O)NCCCN2CCN(c3ccc(Cl)cc3)CC2)C1. The van der Waals surface area contributed by atoms with Gasteiger partial charge < -0.3 is 25.0 Å². The summed E-state index contributed by atoms with van der Waals surface area (Å²) < 4.78 is 10.5. The van der Waals surface area contributed by atoms with Crippen molar-refractivity contribution >= 4 is 29.3 Å². The Morgan fingerprint density at radius 1 is 1.15 bits per heavy atom. The quantitative estimate of drug-likeness (QED) is 0.421. The van der Waals surface area contributed by atoms with Gasteiger partial charge in [-0.1, -0.05) is 17.7 Å². The smallest absolute Gasteiger partial charge is 0.342 e. The first-order chi connectivity index (χ1) is 16.0. The molecule has 1 heterocycles. The predicted molar refractivity (Wildman–Crippen MR) is 129 cm³/mol. The van der Waals surface area contributed by atoms with E-state index in [0.29, 0.717) is 12.2 Å². The molecule has 1 atom stereocenters. The second-order valence-electron chi connectivity index (χ2n) is 8.08. The van der Waals surface area contributed by atoms with E-state index in [9.17, 15) is 9.59 Å². The van der Waals surface area contributed by atoms with Crippen LogP contribution in [0.3, 0.4) is 0 Å². The van der Waals surface area contributed by atoms with Crippen molar-refractivity contribution in [3.05, 3.63) is 53.2 Å². The van der Waals surface area contributed by atoms with Crippen LogP contribution in [0.5, 0.6) is 0 Å². The van der Waals surface area contributed by atoms with Crippen molar-refractivity contribution in [1.82, 2.24) is 15.5 Å². The molecule has 1 unspecified atom stereocenters. The van der Waals surface area contributed by atoms with Gasteiger partial charge in [-0.3, -0.25) is 4.90 Å². The minimum atomic E-state index is -1.21. The number of amides is 2. The van der Waals surface area contributed by atoms with Crippen LogP contribution in [0.2, 0.25) is 5.02 Å². The molecule has 2 N–H and O–H groups in total. The van der Waals surface area contributed by atoms with E-state index in [2.05, 4.69) is 32.6 Å². The van der Waals surface area contributed by atoms with Crippen LogP contribution in [0.1, 0.15) is 19.8 Å². The molecule has 0 aromatic heterocycles. The Kier molecular flexibility index (Phi) is 9.17. The molecule has 9 heteroatoms. The van der Waals surface area contributed by atoms with Gasteiger partial charge in [0, 0.05) is 62.7 Å². The molecule has 1 aromatic carbocycles. The fraction of sp³-hybridized carbons (Fsp3) is 0.500. The fourth-order valence-electron chi connectivity index (χ4n) is 4.00. The summed E-state index contributed by atoms with van der Waals surface area (Å²) in [4.78, 5) is 29.4. The van der Waals surface area contributed by atoms with Crippen molar-refractivity contribution in [2.45, 2.75) is 25.4 Å². The fourth-order valence-corrected chi connectivity index (χ4v) is 4.13. The molecule has 0 radical (unpaired) electrons. The number of ether oxygens (including phenoxy) is 2. The van der Waals surface area contributed by atoms with Crippen molar-refractivity contribution in [1.29, 1.82) is 0 Å². The van der Waals surface area contributed by atoms with E-state index in [1.807, 2.05) is 12.1 Å². The van der Waals surface area contributed by atoms with E-state index in [-0.39, 0.29) is 19.1 Å². The van der Waals surface area contributed by atoms with E-state index in [0.717, 1.165) is 44.2 Å². The van der Waals surface area contributed by atoms with Crippen molar-refractivity contribution < 1.29 is 19.1 Å². The van der Waals surface area contributed by atoms with Gasteiger partial charge in [0.15, 0.2) is 5.60 Å². The first kappa shape index (κ1) is 25.1. The van der Waals surface area contributed by atoms with Crippen LogP contribution in [0.4, 0.5) is 10.5 Å². The van der Waals surface area contributed by atoms with Gasteiger partial charge in [0.05, 0.1) is 6.61 Å². The molecular formula is C24H33ClN4O4. The maximum Gasteiger partial charge on any atom is 0.342 e. The molecule has 0 bridgehead atoms. The number of esters is 1. The molecule has 2 aliphatic rings. The largest absolute Gasteiger partial charge is 0.464 e. The Morgan fingerprint density at radius 2 is 1.88 bits per heavy atom. The zero-order chi connectivity index (χ0) is 23.7. The molecule has 0 spiro atoms. The number of anilines is 1. The highest BCUT2D eigenvalue weighted by molar-refractivity contribution is 6.30. The van der Waals surface area contributed by atoms with Crippen LogP contribution < -0.4 is 15.5 Å². The molecule has 3 rings (SSSR count). The average Bonchev–Trinajstić information content (AvgIpc) is 2.83. The van der Waals surface area contributed by atoms with Crippen LogP contribution in [-0.2, 0) is 14.3 Å². The summed E-state index contributed by atoms with van der Waals surface area (Å²) in [7, 11) is 1.46. The first-order valence-corrected chi connectivity index (χ1v) is 11.7. The molecule has 1 saturated heterocycles. The Bertz CT molecular complexity index is 866. The third-order valence-corrected chi connectivity index (χ3v) is 6.13. The van der Waals surface area contributed by atoms with Crippen molar-refractivity contribution in [3.63, 3.8) is 0 Å². The van der Waals surface area contributed by atoms with Gasteiger partial charge in [-0.2, -0.15) is 0 Å². The van der Waals surface area contributed by atoms with Gasteiger partial charge in [-0.25, -0.2) is 9.59 Å². The van der Waals surface area contributed by atoms with Crippen molar-refractivity contribution in [3.8, 4) is 0 Å². The molecule has 2 amide bonds. The number of piperazine rings is 1. The molecule has 1 fully saturated rings. The summed E-state index contributed by atoms with van der Waals surface area (Å²) in [5, 5.41) is 6.45. The number of hydrogen-bond acceptors (Lipinski definition) is 6. The number of rotatable bonds is 9. The lowest BCUT2D eigenvalue weighted by Gasteiger charge is -2.36. The van der Waals surface area contributed by atoms with Crippen LogP contribution in [0.25, 0.3) is 0 Å². The van der Waals surface area contributed by atoms with Crippen LogP contribution in [-0.4, -0.2) is 75.5 Å². The number of nitrogens with one attached hydrogen (secondary N) is 2. The molecule has 1 aromatic rings. The van der Waals surface area contributed by atoms with Gasteiger partial charge in [0.2, 0.25) is 0 Å². The molecule has 1 aliphatic heterocycles. The van der Waals surface area contributed by atoms with E-state index < -0.39 is 11.6 Å². The molecule has 1 aliphatic carbocycles. The number of nitrogens with zero attached hydrogens (tertiary/aromatic N) is 2. The second-order valence-corrected chi connectivity index (χ2v) is 8.52. The Hall–Kier alpha value is -2.55. The number of benzene rings is 1. The summed E-state index contributed by atoms with van der Waals surface area (Å²) in [5.74, 6) is -0.465. The molecule has 180 valence electrons. The standard InChI is InChI=1S/C24H33ClN4O4/c1-3-33-22(30)24(32-2)11-4-6-20(18-24)27-23(31)26-12-5-13-28-14-16-29(17-15-28)21-9-7-19(25)8-10-21/h4,6-11H,3,5,12-18H2,1-2H3,(H2,26,27,31). The van der Waals surface area contributed by atoms with Crippen molar-refractivity contribution in [2.75, 3.05) is 57.9 Å². The second kappa shape index (κ2) is 12.1. The van der Waals surface area contributed by atoms with Crippen LogP contribution in [0, 0.1) is 0 Å². The lowest BCUT2D eigenvalue weighted by molar-refractivity contribution is -0.163. The molecule has 33 heavy (non-hydrogen) atoms. The lowest BCUT2D eigenvalue weighted by atomic mass is 9.93. The monoisotopic (exact) mass is 476 g/mol. The normalized spacial score (nSPS) is 20.8. The Labute approximate surface area is 200 Å². The Balaban J connectivity index is 1.34. The van der Waals surface area contributed by atoms with E-state index in [1.165, 1.54) is 12.8 Å².